The lowest BCUT2D eigenvalue weighted by Gasteiger charge is -2.14. The Morgan fingerprint density at radius 1 is 1.17 bits per heavy atom. The highest BCUT2D eigenvalue weighted by atomic mass is 19.1. The monoisotopic (exact) mass is 331 g/mol. The molecule has 1 aromatic heterocycles. The average molecular weight is 331 g/mol. The van der Waals surface area contributed by atoms with Crippen LogP contribution in [0.3, 0.4) is 0 Å². The molecule has 1 N–H and O–H groups in total. The topological polar surface area (TPSA) is 51.5 Å². The summed E-state index contributed by atoms with van der Waals surface area (Å²) in [4.78, 5) is 12.0. The summed E-state index contributed by atoms with van der Waals surface area (Å²) in [6.45, 7) is 0.0168. The Hall–Kier alpha value is -2.73. The highest BCUT2D eigenvalue weighted by Crippen LogP contribution is 2.25. The molecule has 3 aromatic rings. The van der Waals surface area contributed by atoms with Gasteiger partial charge < -0.3 is 14.5 Å². The van der Waals surface area contributed by atoms with Gasteiger partial charge in [-0.05, 0) is 24.3 Å². The number of furan rings is 1. The highest BCUT2D eigenvalue weighted by molar-refractivity contribution is 5.94. The minimum absolute atomic E-state index is 0.0168. The molecule has 0 aliphatic rings. The maximum atomic E-state index is 13.6. The van der Waals surface area contributed by atoms with E-state index in [4.69, 9.17) is 9.15 Å². The summed E-state index contributed by atoms with van der Waals surface area (Å²) in [5, 5.41) is 3.37. The second-order valence-electron chi connectivity index (χ2n) is 5.22. The van der Waals surface area contributed by atoms with Crippen LogP contribution in [0.15, 0.2) is 52.9 Å². The smallest absolute Gasteiger partial charge is 0.257 e. The fourth-order valence-corrected chi connectivity index (χ4v) is 2.45. The lowest BCUT2D eigenvalue weighted by atomic mass is 10.1. The van der Waals surface area contributed by atoms with Crippen molar-refractivity contribution in [3.8, 4) is 0 Å². The van der Waals surface area contributed by atoms with E-state index in [0.29, 0.717) is 11.3 Å². The molecule has 2 aromatic carbocycles. The number of fused-ring (bicyclic) bond motifs is 1. The molecule has 3 rings (SSSR count). The normalized spacial score (nSPS) is 12.3. The van der Waals surface area contributed by atoms with Crippen molar-refractivity contribution in [2.24, 2.45) is 0 Å². The van der Waals surface area contributed by atoms with Crippen LogP contribution in [0.4, 0.5) is 8.78 Å². The molecule has 4 nitrogen and oxygen atoms in total. The summed E-state index contributed by atoms with van der Waals surface area (Å²) in [5.74, 6) is -2.15. The number of carbonyl (C=O) groups excluding carboxylic acids is 1. The van der Waals surface area contributed by atoms with Gasteiger partial charge in [0.25, 0.3) is 5.91 Å². The van der Waals surface area contributed by atoms with E-state index in [9.17, 15) is 13.6 Å². The Labute approximate surface area is 137 Å². The van der Waals surface area contributed by atoms with Crippen molar-refractivity contribution in [2.45, 2.75) is 6.10 Å². The minimum atomic E-state index is -0.912. The molecule has 0 bridgehead atoms. The minimum Gasteiger partial charge on any atom is -0.458 e. The summed E-state index contributed by atoms with van der Waals surface area (Å²) in [6, 6.07) is 12.5. The molecule has 1 heterocycles. The number of methoxy groups -OCH3 is 1. The van der Waals surface area contributed by atoms with Crippen molar-refractivity contribution in [3.63, 3.8) is 0 Å². The van der Waals surface area contributed by atoms with Crippen molar-refractivity contribution in [1.29, 1.82) is 0 Å². The first-order chi connectivity index (χ1) is 11.6. The van der Waals surface area contributed by atoms with Gasteiger partial charge in [-0.1, -0.05) is 24.3 Å². The van der Waals surface area contributed by atoms with Crippen LogP contribution in [0.2, 0.25) is 0 Å². The van der Waals surface area contributed by atoms with Gasteiger partial charge in [-0.3, -0.25) is 4.79 Å². The van der Waals surface area contributed by atoms with Gasteiger partial charge in [0.15, 0.2) is 0 Å². The summed E-state index contributed by atoms with van der Waals surface area (Å²) >= 11 is 0. The van der Waals surface area contributed by atoms with Gasteiger partial charge in [-0.25, -0.2) is 8.78 Å². The Morgan fingerprint density at radius 3 is 2.54 bits per heavy atom. The summed E-state index contributed by atoms with van der Waals surface area (Å²) in [5.41, 5.74) is 0.0815. The van der Waals surface area contributed by atoms with E-state index in [1.807, 2.05) is 24.3 Å². The highest BCUT2D eigenvalue weighted by Gasteiger charge is 2.20. The predicted molar refractivity (Wildman–Crippen MR) is 84.7 cm³/mol. The van der Waals surface area contributed by atoms with Crippen LogP contribution in [0, 0.1) is 11.6 Å². The number of carbonyl (C=O) groups is 1. The number of ether oxygens (including phenoxy) is 1. The van der Waals surface area contributed by atoms with Crippen LogP contribution >= 0.6 is 0 Å². The zero-order chi connectivity index (χ0) is 17.1. The van der Waals surface area contributed by atoms with Gasteiger partial charge in [-0.2, -0.15) is 0 Å². The summed E-state index contributed by atoms with van der Waals surface area (Å²) in [6.07, 6.45) is -0.573. The van der Waals surface area contributed by atoms with Gasteiger partial charge in [0.05, 0.1) is 6.54 Å². The molecule has 0 fully saturated rings. The first kappa shape index (κ1) is 16.1. The molecule has 0 aliphatic carbocycles. The van der Waals surface area contributed by atoms with E-state index in [1.54, 1.807) is 6.07 Å². The first-order valence-electron chi connectivity index (χ1n) is 7.33. The molecule has 0 radical (unpaired) electrons. The van der Waals surface area contributed by atoms with E-state index in [2.05, 4.69) is 5.32 Å². The molecule has 0 aliphatic heterocycles. The summed E-state index contributed by atoms with van der Waals surface area (Å²) < 4.78 is 38.2. The van der Waals surface area contributed by atoms with Crippen LogP contribution in [0.5, 0.6) is 0 Å². The Balaban J connectivity index is 1.75. The number of rotatable bonds is 5. The maximum Gasteiger partial charge on any atom is 0.257 e. The van der Waals surface area contributed by atoms with Crippen LogP contribution in [0.1, 0.15) is 22.2 Å². The van der Waals surface area contributed by atoms with E-state index in [-0.39, 0.29) is 6.54 Å². The van der Waals surface area contributed by atoms with E-state index in [1.165, 1.54) is 13.2 Å². The molecule has 0 unspecified atom stereocenters. The Bertz CT molecular complexity index is 822. The third-order valence-corrected chi connectivity index (χ3v) is 3.68. The van der Waals surface area contributed by atoms with Crippen LogP contribution in [-0.2, 0) is 4.74 Å². The number of nitrogens with one attached hydrogen (secondary N) is 1. The molecular formula is C18H15F2NO3. The quantitative estimate of drug-likeness (QED) is 0.773. The molecular weight excluding hydrogens is 316 g/mol. The van der Waals surface area contributed by atoms with Crippen LogP contribution < -0.4 is 5.32 Å². The third kappa shape index (κ3) is 3.14. The molecule has 6 heteroatoms. The van der Waals surface area contributed by atoms with Crippen molar-refractivity contribution >= 4 is 16.9 Å². The molecule has 1 amide bonds. The molecule has 24 heavy (non-hydrogen) atoms. The predicted octanol–water partition coefficient (Wildman–Crippen LogP) is 3.83. The number of halogens is 2. The SMILES string of the molecule is CO[C@H](CNC(=O)c1c(F)cccc1F)c1cc2ccccc2o1. The van der Waals surface area contributed by atoms with Crippen molar-refractivity contribution < 1.29 is 22.7 Å². The summed E-state index contributed by atoms with van der Waals surface area (Å²) in [7, 11) is 1.47. The second-order valence-corrected chi connectivity index (χ2v) is 5.22. The molecule has 0 spiro atoms. The molecule has 0 saturated heterocycles. The Morgan fingerprint density at radius 2 is 1.88 bits per heavy atom. The second kappa shape index (κ2) is 6.80. The zero-order valence-corrected chi connectivity index (χ0v) is 12.9. The largest absolute Gasteiger partial charge is 0.458 e. The van der Waals surface area contributed by atoms with E-state index in [0.717, 1.165) is 17.5 Å². The first-order valence-corrected chi connectivity index (χ1v) is 7.33. The standard InChI is InChI=1S/C18H15F2NO3/c1-23-16(15-9-11-5-2-3-8-14(11)24-15)10-21-18(22)17-12(19)6-4-7-13(17)20/h2-9,16H,10H2,1H3,(H,21,22)/t16-/m1/s1. The van der Waals surface area contributed by atoms with Crippen molar-refractivity contribution in [1.82, 2.24) is 5.32 Å². The van der Waals surface area contributed by atoms with Gasteiger partial charge in [0, 0.05) is 12.5 Å². The number of amides is 1. The average Bonchev–Trinajstić information content (AvgIpc) is 2.99. The zero-order valence-electron chi connectivity index (χ0n) is 12.9. The lowest BCUT2D eigenvalue weighted by molar-refractivity contribution is 0.0743. The fraction of sp³-hybridized carbons (Fsp3) is 0.167. The lowest BCUT2D eigenvalue weighted by Crippen LogP contribution is -2.30. The fourth-order valence-electron chi connectivity index (χ4n) is 2.45. The maximum absolute atomic E-state index is 13.6. The van der Waals surface area contributed by atoms with Crippen LogP contribution in [0.25, 0.3) is 11.0 Å². The van der Waals surface area contributed by atoms with Gasteiger partial charge in [0.1, 0.15) is 34.6 Å². The molecule has 1 atom stereocenters. The van der Waals surface area contributed by atoms with Crippen molar-refractivity contribution in [2.75, 3.05) is 13.7 Å². The van der Waals surface area contributed by atoms with E-state index < -0.39 is 29.2 Å². The molecule has 124 valence electrons. The van der Waals surface area contributed by atoms with Crippen molar-refractivity contribution in [3.05, 3.63) is 71.5 Å². The third-order valence-electron chi connectivity index (χ3n) is 3.68. The molecule has 0 saturated carbocycles. The number of para-hydroxylation sites is 1. The van der Waals surface area contributed by atoms with Gasteiger partial charge in [0.2, 0.25) is 0 Å². The number of hydrogen-bond donors (Lipinski definition) is 1. The Kier molecular flexibility index (Phi) is 4.57. The number of hydrogen-bond acceptors (Lipinski definition) is 3. The van der Waals surface area contributed by atoms with E-state index >= 15 is 0 Å². The van der Waals surface area contributed by atoms with Crippen LogP contribution in [-0.4, -0.2) is 19.6 Å². The number of benzene rings is 2. The van der Waals surface area contributed by atoms with Gasteiger partial charge >= 0.3 is 0 Å². The van der Waals surface area contributed by atoms with Gasteiger partial charge in [-0.15, -0.1) is 0 Å².